The zero-order valence-corrected chi connectivity index (χ0v) is 27.2. The van der Waals surface area contributed by atoms with Crippen molar-refractivity contribution < 1.29 is 0 Å². The third-order valence-electron chi connectivity index (χ3n) is 11.4. The Morgan fingerprint density at radius 3 is 1.77 bits per heavy atom. The third kappa shape index (κ3) is 3.39. The molecule has 3 aliphatic carbocycles. The van der Waals surface area contributed by atoms with Gasteiger partial charge in [-0.1, -0.05) is 143 Å². The first kappa shape index (κ1) is 26.8. The van der Waals surface area contributed by atoms with Crippen molar-refractivity contribution in [1.29, 1.82) is 0 Å². The van der Waals surface area contributed by atoms with Crippen molar-refractivity contribution in [2.45, 2.75) is 38.5 Å². The van der Waals surface area contributed by atoms with Gasteiger partial charge in [0.05, 0.1) is 11.4 Å². The summed E-state index contributed by atoms with van der Waals surface area (Å²) in [5, 5.41) is 2.63. The smallest absolute Gasteiger partial charge is 0.0547 e. The first-order valence-electron chi connectivity index (χ1n) is 16.8. The van der Waals surface area contributed by atoms with Crippen molar-refractivity contribution in [3.05, 3.63) is 162 Å². The molecule has 0 fully saturated rings. The molecule has 1 nitrogen and oxygen atoms in total. The Bertz CT molecular complexity index is 2480. The fraction of sp³-hybridized carbons (Fsp3) is 0.130. The lowest BCUT2D eigenvalue weighted by Gasteiger charge is -2.32. The van der Waals surface area contributed by atoms with Gasteiger partial charge in [0.25, 0.3) is 0 Å². The predicted octanol–water partition coefficient (Wildman–Crippen LogP) is 12.6. The molecule has 0 amide bonds. The summed E-state index contributed by atoms with van der Waals surface area (Å²) in [7, 11) is 0. The van der Waals surface area contributed by atoms with E-state index in [1.54, 1.807) is 0 Å². The maximum Gasteiger partial charge on any atom is 0.0547 e. The lowest BCUT2D eigenvalue weighted by molar-refractivity contribution is 0.660. The van der Waals surface area contributed by atoms with Crippen molar-refractivity contribution in [3.8, 4) is 44.5 Å². The quantitative estimate of drug-likeness (QED) is 0.195. The zero-order chi connectivity index (χ0) is 31.7. The number of hydrogen-bond donors (Lipinski definition) is 0. The first-order chi connectivity index (χ1) is 22.9. The van der Waals surface area contributed by atoms with Gasteiger partial charge >= 0.3 is 0 Å². The van der Waals surface area contributed by atoms with E-state index < -0.39 is 0 Å². The molecule has 0 saturated carbocycles. The van der Waals surface area contributed by atoms with Gasteiger partial charge in [0.15, 0.2) is 0 Å². The average Bonchev–Trinajstić information content (AvgIpc) is 3.65. The maximum absolute atomic E-state index is 2.57. The summed E-state index contributed by atoms with van der Waals surface area (Å²) in [6.07, 6.45) is 0. The molecule has 0 bridgehead atoms. The van der Waals surface area contributed by atoms with Gasteiger partial charge < -0.3 is 4.90 Å². The van der Waals surface area contributed by atoms with E-state index in [-0.39, 0.29) is 10.8 Å². The molecule has 0 saturated heterocycles. The normalized spacial score (nSPS) is 15.1. The standard InChI is InChI=1S/C46H35N/c1-45(2)37-20-10-8-17-35(37)43-38(45)21-12-22-40(43)47(29-24-25-32-31-15-7-9-19-36(31)46(3,4)39(32)27-29)41-26-23-28-13-11-18-33-30-14-5-6-16-34(30)44(41)42(28)33/h5-27H,1-4H3. The number of benzene rings is 7. The van der Waals surface area contributed by atoms with Gasteiger partial charge in [0, 0.05) is 27.6 Å². The van der Waals surface area contributed by atoms with Gasteiger partial charge in [0.1, 0.15) is 0 Å². The highest BCUT2D eigenvalue weighted by molar-refractivity contribution is 6.20. The predicted molar refractivity (Wildman–Crippen MR) is 198 cm³/mol. The van der Waals surface area contributed by atoms with Crippen LogP contribution in [0.3, 0.4) is 0 Å². The van der Waals surface area contributed by atoms with Crippen LogP contribution in [0.25, 0.3) is 55.3 Å². The number of fused-ring (bicyclic) bond motifs is 9. The molecule has 0 unspecified atom stereocenters. The van der Waals surface area contributed by atoms with Crippen molar-refractivity contribution in [2.24, 2.45) is 0 Å². The number of hydrogen-bond acceptors (Lipinski definition) is 1. The van der Waals surface area contributed by atoms with E-state index in [1.165, 1.54) is 94.6 Å². The minimum absolute atomic E-state index is 0.0882. The SMILES string of the molecule is CC1(C)c2ccccc2-c2ccc(N(c3cccc4c3-c3ccccc3C4(C)C)c3ccc4cccc5c4c3-c3ccccc3-5)cc21. The van der Waals surface area contributed by atoms with Crippen molar-refractivity contribution in [2.75, 3.05) is 4.90 Å². The molecular formula is C46H35N. The van der Waals surface area contributed by atoms with E-state index >= 15 is 0 Å². The minimum atomic E-state index is -0.0965. The molecule has 7 aromatic rings. The van der Waals surface area contributed by atoms with Crippen LogP contribution in [0, 0.1) is 0 Å². The zero-order valence-electron chi connectivity index (χ0n) is 27.2. The third-order valence-corrected chi connectivity index (χ3v) is 11.4. The largest absolute Gasteiger partial charge is 0.309 e. The molecule has 0 atom stereocenters. The van der Waals surface area contributed by atoms with Crippen LogP contribution in [-0.2, 0) is 10.8 Å². The van der Waals surface area contributed by atoms with Crippen LogP contribution >= 0.6 is 0 Å². The second kappa shape index (κ2) is 9.11. The summed E-state index contributed by atoms with van der Waals surface area (Å²) in [6.45, 7) is 9.50. The van der Waals surface area contributed by atoms with Gasteiger partial charge in [0.2, 0.25) is 0 Å². The fourth-order valence-corrected chi connectivity index (χ4v) is 9.15. The average molecular weight is 602 g/mol. The molecule has 0 radical (unpaired) electrons. The molecular weight excluding hydrogens is 567 g/mol. The van der Waals surface area contributed by atoms with Crippen LogP contribution in [0.5, 0.6) is 0 Å². The Balaban J connectivity index is 1.31. The van der Waals surface area contributed by atoms with Gasteiger partial charge in [-0.15, -0.1) is 0 Å². The molecule has 0 aromatic heterocycles. The highest BCUT2D eigenvalue weighted by Gasteiger charge is 2.40. The fourth-order valence-electron chi connectivity index (χ4n) is 9.15. The molecule has 0 aliphatic heterocycles. The Morgan fingerprint density at radius 2 is 0.957 bits per heavy atom. The van der Waals surface area contributed by atoms with Crippen LogP contribution in [-0.4, -0.2) is 0 Å². The molecule has 0 heterocycles. The molecule has 3 aliphatic rings. The van der Waals surface area contributed by atoms with Gasteiger partial charge in [-0.25, -0.2) is 0 Å². The Hall–Kier alpha value is -5.40. The van der Waals surface area contributed by atoms with Crippen LogP contribution in [0.1, 0.15) is 49.9 Å². The number of nitrogens with zero attached hydrogens (tertiary/aromatic N) is 1. The highest BCUT2D eigenvalue weighted by atomic mass is 15.1. The summed E-state index contributed by atoms with van der Waals surface area (Å²) in [5.41, 5.74) is 19.6. The molecule has 47 heavy (non-hydrogen) atoms. The molecule has 7 aromatic carbocycles. The maximum atomic E-state index is 2.57. The summed E-state index contributed by atoms with van der Waals surface area (Å²) >= 11 is 0. The summed E-state index contributed by atoms with van der Waals surface area (Å²) in [4.78, 5) is 2.57. The van der Waals surface area contributed by atoms with Gasteiger partial charge in [-0.2, -0.15) is 0 Å². The topological polar surface area (TPSA) is 3.24 Å². The minimum Gasteiger partial charge on any atom is -0.309 e. The van der Waals surface area contributed by atoms with Crippen LogP contribution in [0.15, 0.2) is 140 Å². The number of rotatable bonds is 3. The summed E-state index contributed by atoms with van der Waals surface area (Å²) < 4.78 is 0. The second-order valence-corrected chi connectivity index (χ2v) is 14.5. The molecule has 224 valence electrons. The van der Waals surface area contributed by atoms with Crippen LogP contribution < -0.4 is 4.90 Å². The van der Waals surface area contributed by atoms with E-state index in [1.807, 2.05) is 0 Å². The van der Waals surface area contributed by atoms with Crippen LogP contribution in [0.2, 0.25) is 0 Å². The summed E-state index contributed by atoms with van der Waals surface area (Å²) in [6, 6.07) is 52.5. The molecule has 0 N–H and O–H groups in total. The Kier molecular flexibility index (Phi) is 5.19. The molecule has 0 spiro atoms. The van der Waals surface area contributed by atoms with Crippen LogP contribution in [0.4, 0.5) is 17.1 Å². The lowest BCUT2D eigenvalue weighted by atomic mass is 9.82. The Morgan fingerprint density at radius 1 is 0.383 bits per heavy atom. The van der Waals surface area contributed by atoms with Crippen molar-refractivity contribution in [1.82, 2.24) is 0 Å². The molecule has 1 heteroatoms. The Labute approximate surface area is 276 Å². The van der Waals surface area contributed by atoms with Gasteiger partial charge in [-0.3, -0.25) is 0 Å². The van der Waals surface area contributed by atoms with Crippen molar-refractivity contribution >= 4 is 27.8 Å². The lowest BCUT2D eigenvalue weighted by Crippen LogP contribution is -2.18. The number of anilines is 3. The second-order valence-electron chi connectivity index (χ2n) is 14.5. The van der Waals surface area contributed by atoms with E-state index in [4.69, 9.17) is 0 Å². The van der Waals surface area contributed by atoms with E-state index in [9.17, 15) is 0 Å². The van der Waals surface area contributed by atoms with E-state index in [0.717, 1.165) is 0 Å². The van der Waals surface area contributed by atoms with Gasteiger partial charge in [-0.05, 0) is 90.7 Å². The van der Waals surface area contributed by atoms with E-state index in [0.29, 0.717) is 0 Å². The highest BCUT2D eigenvalue weighted by Crippen LogP contribution is 2.58. The molecule has 10 rings (SSSR count). The summed E-state index contributed by atoms with van der Waals surface area (Å²) in [5.74, 6) is 0. The van der Waals surface area contributed by atoms with Crippen molar-refractivity contribution in [3.63, 3.8) is 0 Å². The first-order valence-corrected chi connectivity index (χ1v) is 16.8. The van der Waals surface area contributed by atoms with E-state index in [2.05, 4.69) is 172 Å². The monoisotopic (exact) mass is 601 g/mol.